The van der Waals surface area contributed by atoms with Crippen molar-refractivity contribution in [2.45, 2.75) is 13.8 Å². The second-order valence-corrected chi connectivity index (χ2v) is 6.38. The molecule has 0 aliphatic heterocycles. The summed E-state index contributed by atoms with van der Waals surface area (Å²) in [4.78, 5) is 10.7. The van der Waals surface area contributed by atoms with E-state index in [0.29, 0.717) is 29.9 Å². The van der Waals surface area contributed by atoms with Gasteiger partial charge in [0, 0.05) is 4.88 Å². The Labute approximate surface area is 137 Å². The maximum atomic E-state index is 6.04. The Bertz CT molecular complexity index is 804. The highest BCUT2D eigenvalue weighted by atomic mass is 35.5. The molecular formula is C16H15ClN2O2S. The van der Waals surface area contributed by atoms with E-state index in [0.717, 1.165) is 10.2 Å². The number of para-hydroxylation sites is 1. The lowest BCUT2D eigenvalue weighted by Crippen LogP contribution is -2.10. The molecule has 6 heteroatoms. The number of rotatable bonds is 5. The van der Waals surface area contributed by atoms with Crippen molar-refractivity contribution in [1.82, 2.24) is 9.97 Å². The molecule has 114 valence electrons. The van der Waals surface area contributed by atoms with E-state index < -0.39 is 0 Å². The normalized spacial score (nSPS) is 10.9. The molecule has 0 N–H and O–H groups in total. The van der Waals surface area contributed by atoms with Crippen LogP contribution in [-0.2, 0) is 0 Å². The zero-order valence-corrected chi connectivity index (χ0v) is 13.9. The zero-order chi connectivity index (χ0) is 15.5. The highest BCUT2D eigenvalue weighted by Crippen LogP contribution is 2.33. The monoisotopic (exact) mass is 334 g/mol. The topological polar surface area (TPSA) is 44.2 Å². The van der Waals surface area contributed by atoms with E-state index in [-0.39, 0.29) is 0 Å². The molecule has 0 amide bonds. The van der Waals surface area contributed by atoms with E-state index in [1.807, 2.05) is 18.2 Å². The first kappa shape index (κ1) is 15.1. The van der Waals surface area contributed by atoms with Gasteiger partial charge in [0.1, 0.15) is 30.1 Å². The molecule has 0 bridgehead atoms. The summed E-state index contributed by atoms with van der Waals surface area (Å²) in [6.45, 7) is 4.93. The minimum atomic E-state index is 0.395. The van der Waals surface area contributed by atoms with Crippen LogP contribution in [-0.4, -0.2) is 23.2 Å². The van der Waals surface area contributed by atoms with Crippen molar-refractivity contribution in [2.75, 3.05) is 13.2 Å². The smallest absolute Gasteiger partial charge is 0.225 e. The van der Waals surface area contributed by atoms with Crippen molar-refractivity contribution in [2.24, 2.45) is 0 Å². The van der Waals surface area contributed by atoms with E-state index >= 15 is 0 Å². The quantitative estimate of drug-likeness (QED) is 0.648. The molecule has 2 aromatic heterocycles. The van der Waals surface area contributed by atoms with Crippen LogP contribution in [0.15, 0.2) is 30.6 Å². The number of hydrogen-bond acceptors (Lipinski definition) is 5. The summed E-state index contributed by atoms with van der Waals surface area (Å²) in [6.07, 6.45) is 1.53. The number of halogens is 1. The van der Waals surface area contributed by atoms with E-state index in [9.17, 15) is 0 Å². The number of thiophene rings is 1. The third-order valence-electron chi connectivity index (χ3n) is 3.35. The predicted molar refractivity (Wildman–Crippen MR) is 89.3 cm³/mol. The number of ether oxygens (including phenoxy) is 2. The number of aryl methyl sites for hydroxylation is 2. The van der Waals surface area contributed by atoms with Gasteiger partial charge in [-0.15, -0.1) is 11.3 Å². The van der Waals surface area contributed by atoms with E-state index in [4.69, 9.17) is 21.1 Å². The molecule has 4 nitrogen and oxygen atoms in total. The molecule has 3 aromatic rings. The van der Waals surface area contributed by atoms with Gasteiger partial charge in [-0.1, -0.05) is 23.7 Å². The van der Waals surface area contributed by atoms with Gasteiger partial charge in [-0.2, -0.15) is 0 Å². The maximum Gasteiger partial charge on any atom is 0.225 e. The number of nitrogens with zero attached hydrogens (tertiary/aromatic N) is 2. The van der Waals surface area contributed by atoms with Crippen molar-refractivity contribution in [3.05, 3.63) is 46.1 Å². The van der Waals surface area contributed by atoms with Gasteiger partial charge >= 0.3 is 0 Å². The largest absolute Gasteiger partial charge is 0.488 e. The van der Waals surface area contributed by atoms with Crippen LogP contribution in [0.3, 0.4) is 0 Å². The van der Waals surface area contributed by atoms with Gasteiger partial charge in [0.2, 0.25) is 5.88 Å². The van der Waals surface area contributed by atoms with Crippen LogP contribution in [0.2, 0.25) is 5.02 Å². The molecule has 0 spiro atoms. The summed E-state index contributed by atoms with van der Waals surface area (Å²) >= 11 is 7.69. The third kappa shape index (κ3) is 3.00. The summed E-state index contributed by atoms with van der Waals surface area (Å²) in [5.74, 6) is 1.26. The molecule has 0 saturated carbocycles. The van der Waals surface area contributed by atoms with Crippen molar-refractivity contribution >= 4 is 33.2 Å². The summed E-state index contributed by atoms with van der Waals surface area (Å²) < 4.78 is 11.4. The van der Waals surface area contributed by atoms with Crippen LogP contribution in [0, 0.1) is 13.8 Å². The minimum absolute atomic E-state index is 0.395. The van der Waals surface area contributed by atoms with Crippen LogP contribution < -0.4 is 9.47 Å². The average Bonchev–Trinajstić information content (AvgIpc) is 2.81. The first-order valence-corrected chi connectivity index (χ1v) is 8.07. The van der Waals surface area contributed by atoms with Crippen LogP contribution >= 0.6 is 22.9 Å². The molecule has 0 saturated heterocycles. The van der Waals surface area contributed by atoms with Gasteiger partial charge in [0.05, 0.1) is 10.4 Å². The zero-order valence-electron chi connectivity index (χ0n) is 12.3. The Morgan fingerprint density at radius 1 is 1.09 bits per heavy atom. The SMILES string of the molecule is Cc1sc2ncnc(OCCOc3ccccc3Cl)c2c1C. The Morgan fingerprint density at radius 2 is 1.86 bits per heavy atom. The number of benzene rings is 1. The van der Waals surface area contributed by atoms with Gasteiger partial charge in [-0.3, -0.25) is 0 Å². The van der Waals surface area contributed by atoms with Crippen LogP contribution in [0.25, 0.3) is 10.2 Å². The third-order valence-corrected chi connectivity index (χ3v) is 4.77. The fourth-order valence-corrected chi connectivity index (χ4v) is 3.29. The van der Waals surface area contributed by atoms with Gasteiger partial charge in [0.25, 0.3) is 0 Å². The summed E-state index contributed by atoms with van der Waals surface area (Å²) in [7, 11) is 0. The molecule has 0 aliphatic carbocycles. The van der Waals surface area contributed by atoms with Crippen LogP contribution in [0.4, 0.5) is 0 Å². The fourth-order valence-electron chi connectivity index (χ4n) is 2.11. The first-order chi connectivity index (χ1) is 10.7. The Morgan fingerprint density at radius 3 is 2.68 bits per heavy atom. The standard InChI is InChI=1S/C16H15ClN2O2S/c1-10-11(2)22-16-14(10)15(18-9-19-16)21-8-7-20-13-6-4-3-5-12(13)17/h3-6,9H,7-8H2,1-2H3. The van der Waals surface area contributed by atoms with Crippen molar-refractivity contribution in [3.8, 4) is 11.6 Å². The second kappa shape index (κ2) is 6.50. The van der Waals surface area contributed by atoms with Crippen molar-refractivity contribution in [3.63, 3.8) is 0 Å². The lowest BCUT2D eigenvalue weighted by atomic mass is 10.2. The van der Waals surface area contributed by atoms with Gasteiger partial charge in [-0.25, -0.2) is 9.97 Å². The van der Waals surface area contributed by atoms with Crippen LogP contribution in [0.5, 0.6) is 11.6 Å². The summed E-state index contributed by atoms with van der Waals surface area (Å²) in [5, 5.41) is 1.58. The predicted octanol–water partition coefficient (Wildman–Crippen LogP) is 4.42. The molecule has 1 aromatic carbocycles. The average molecular weight is 335 g/mol. The highest BCUT2D eigenvalue weighted by molar-refractivity contribution is 7.18. The van der Waals surface area contributed by atoms with E-state index in [2.05, 4.69) is 23.8 Å². The molecule has 3 rings (SSSR count). The number of aromatic nitrogens is 2. The molecule has 0 atom stereocenters. The van der Waals surface area contributed by atoms with Crippen LogP contribution in [0.1, 0.15) is 10.4 Å². The molecule has 0 radical (unpaired) electrons. The van der Waals surface area contributed by atoms with Crippen molar-refractivity contribution in [1.29, 1.82) is 0 Å². The molecule has 22 heavy (non-hydrogen) atoms. The number of hydrogen-bond donors (Lipinski definition) is 0. The molecule has 0 fully saturated rings. The van der Waals surface area contributed by atoms with Crippen molar-refractivity contribution < 1.29 is 9.47 Å². The molecule has 2 heterocycles. The maximum absolute atomic E-state index is 6.04. The van der Waals surface area contributed by atoms with Gasteiger partial charge < -0.3 is 9.47 Å². The Hall–Kier alpha value is -1.85. The van der Waals surface area contributed by atoms with Gasteiger partial charge in [-0.05, 0) is 31.5 Å². The molecule has 0 unspecified atom stereocenters. The van der Waals surface area contributed by atoms with E-state index in [1.54, 1.807) is 17.4 Å². The second-order valence-electron chi connectivity index (χ2n) is 4.77. The Balaban J connectivity index is 1.66. The highest BCUT2D eigenvalue weighted by Gasteiger charge is 2.12. The Kier molecular flexibility index (Phi) is 4.45. The summed E-state index contributed by atoms with van der Waals surface area (Å²) in [6, 6.07) is 7.37. The lowest BCUT2D eigenvalue weighted by molar-refractivity contribution is 0.213. The first-order valence-electron chi connectivity index (χ1n) is 6.87. The summed E-state index contributed by atoms with van der Waals surface area (Å²) in [5.41, 5.74) is 1.17. The minimum Gasteiger partial charge on any atom is -0.488 e. The van der Waals surface area contributed by atoms with E-state index in [1.165, 1.54) is 16.8 Å². The number of fused-ring (bicyclic) bond motifs is 1. The lowest BCUT2D eigenvalue weighted by Gasteiger charge is -2.09. The van der Waals surface area contributed by atoms with Gasteiger partial charge in [0.15, 0.2) is 0 Å². The fraction of sp³-hybridized carbons (Fsp3) is 0.250. The molecule has 0 aliphatic rings. The molecular weight excluding hydrogens is 320 g/mol.